The molecule has 1 aliphatic carbocycles. The molecule has 0 bridgehead atoms. The lowest BCUT2D eigenvalue weighted by Crippen LogP contribution is -2.53. The van der Waals surface area contributed by atoms with Gasteiger partial charge in [-0.15, -0.1) is 0 Å². The van der Waals surface area contributed by atoms with Gasteiger partial charge in [0.2, 0.25) is 4.93 Å². The molecule has 2 unspecified atom stereocenters. The lowest BCUT2D eigenvalue weighted by atomic mass is 9.96. The molecular formula is C11H13F3O5S. The average Bonchev–Trinajstić information content (AvgIpc) is 2.26. The van der Waals surface area contributed by atoms with Crippen LogP contribution in [0.4, 0.5) is 13.2 Å². The van der Waals surface area contributed by atoms with E-state index in [0.717, 1.165) is 18.2 Å². The zero-order valence-electron chi connectivity index (χ0n) is 10.6. The van der Waals surface area contributed by atoms with E-state index in [0.29, 0.717) is 13.2 Å². The standard InChI is InChI=1S/C11H13F3O5S/c1-7(11(12,13)14)19-10(20(2,17)18)6-4-3-5-8(10)9(15)16/h3-8H,1-2H3,(H,15,16)/t7-,8?,10?/m0/s1. The number of aliphatic carboxylic acids is 1. The second-order valence-corrected chi connectivity index (χ2v) is 6.54. The van der Waals surface area contributed by atoms with Crippen molar-refractivity contribution >= 4 is 15.8 Å². The van der Waals surface area contributed by atoms with Gasteiger partial charge in [0.1, 0.15) is 5.92 Å². The maximum Gasteiger partial charge on any atom is 0.414 e. The van der Waals surface area contributed by atoms with Gasteiger partial charge in [0.05, 0.1) is 0 Å². The van der Waals surface area contributed by atoms with Gasteiger partial charge in [0.15, 0.2) is 15.9 Å². The van der Waals surface area contributed by atoms with Gasteiger partial charge in [0, 0.05) is 6.26 Å². The Hall–Kier alpha value is -1.35. The molecule has 0 saturated heterocycles. The molecule has 0 saturated carbocycles. The van der Waals surface area contributed by atoms with E-state index >= 15 is 0 Å². The Bertz CT molecular complexity index is 549. The summed E-state index contributed by atoms with van der Waals surface area (Å²) < 4.78 is 66.1. The molecule has 114 valence electrons. The molecule has 1 aliphatic rings. The highest BCUT2D eigenvalue weighted by Crippen LogP contribution is 2.38. The summed E-state index contributed by atoms with van der Waals surface area (Å²) in [4.78, 5) is 8.56. The molecule has 1 rings (SSSR count). The van der Waals surface area contributed by atoms with Crippen LogP contribution in [0.3, 0.4) is 0 Å². The third-order valence-corrected chi connectivity index (χ3v) is 4.49. The highest BCUT2D eigenvalue weighted by Gasteiger charge is 2.54. The molecule has 0 heterocycles. The minimum atomic E-state index is -4.81. The summed E-state index contributed by atoms with van der Waals surface area (Å²) in [5.41, 5.74) is 0. The number of halogens is 3. The Morgan fingerprint density at radius 2 is 1.95 bits per heavy atom. The fourth-order valence-electron chi connectivity index (χ4n) is 1.75. The number of carboxylic acids is 1. The lowest BCUT2D eigenvalue weighted by Gasteiger charge is -2.37. The summed E-state index contributed by atoms with van der Waals surface area (Å²) in [5, 5.41) is 9.04. The predicted molar refractivity (Wildman–Crippen MR) is 63.6 cm³/mol. The van der Waals surface area contributed by atoms with E-state index in [9.17, 15) is 26.4 Å². The second-order valence-electron chi connectivity index (χ2n) is 4.36. The summed E-state index contributed by atoms with van der Waals surface area (Å²) in [6.07, 6.45) is -2.43. The fourth-order valence-corrected chi connectivity index (χ4v) is 3.04. The van der Waals surface area contributed by atoms with Crippen LogP contribution < -0.4 is 0 Å². The first-order valence-corrected chi connectivity index (χ1v) is 7.34. The van der Waals surface area contributed by atoms with Crippen LogP contribution in [0.5, 0.6) is 0 Å². The number of sulfone groups is 1. The van der Waals surface area contributed by atoms with Gasteiger partial charge in [-0.25, -0.2) is 8.42 Å². The van der Waals surface area contributed by atoms with Crippen LogP contribution in [-0.2, 0) is 19.4 Å². The Labute approximate surface area is 113 Å². The SMILES string of the molecule is C[C@H](OC1(S(C)(=O)=O)C=CC=CC1C(=O)O)C(F)(F)F. The van der Waals surface area contributed by atoms with Crippen molar-refractivity contribution in [3.63, 3.8) is 0 Å². The molecule has 9 heteroatoms. The summed E-state index contributed by atoms with van der Waals surface area (Å²) in [7, 11) is -4.28. The lowest BCUT2D eigenvalue weighted by molar-refractivity contribution is -0.232. The number of hydrogen-bond donors (Lipinski definition) is 1. The molecule has 0 aliphatic heterocycles. The molecule has 20 heavy (non-hydrogen) atoms. The van der Waals surface area contributed by atoms with Crippen molar-refractivity contribution in [2.75, 3.05) is 6.26 Å². The van der Waals surface area contributed by atoms with Crippen molar-refractivity contribution in [1.82, 2.24) is 0 Å². The van der Waals surface area contributed by atoms with Gasteiger partial charge in [-0.1, -0.05) is 18.2 Å². The van der Waals surface area contributed by atoms with Gasteiger partial charge in [-0.3, -0.25) is 4.79 Å². The van der Waals surface area contributed by atoms with Gasteiger partial charge in [0.25, 0.3) is 0 Å². The van der Waals surface area contributed by atoms with Crippen LogP contribution in [0, 0.1) is 5.92 Å². The van der Waals surface area contributed by atoms with E-state index in [1.807, 2.05) is 0 Å². The molecule has 0 fully saturated rings. The van der Waals surface area contributed by atoms with E-state index in [2.05, 4.69) is 4.74 Å². The number of carbonyl (C=O) groups is 1. The van der Waals surface area contributed by atoms with E-state index in [1.165, 1.54) is 6.08 Å². The summed E-state index contributed by atoms with van der Waals surface area (Å²) in [6.45, 7) is 0.623. The molecule has 1 N–H and O–H groups in total. The highest BCUT2D eigenvalue weighted by atomic mass is 32.2. The normalized spacial score (nSPS) is 28.4. The summed E-state index contributed by atoms with van der Waals surface area (Å²) >= 11 is 0. The number of alkyl halides is 3. The molecule has 0 aromatic carbocycles. The van der Waals surface area contributed by atoms with Crippen molar-refractivity contribution in [1.29, 1.82) is 0 Å². The third-order valence-electron chi connectivity index (χ3n) is 2.84. The van der Waals surface area contributed by atoms with Crippen molar-refractivity contribution < 1.29 is 36.2 Å². The topological polar surface area (TPSA) is 80.7 Å². The Morgan fingerprint density at radius 3 is 2.35 bits per heavy atom. The molecule has 3 atom stereocenters. The first kappa shape index (κ1) is 16.7. The van der Waals surface area contributed by atoms with Crippen molar-refractivity contribution in [2.24, 2.45) is 5.92 Å². The summed E-state index contributed by atoms with van der Waals surface area (Å²) in [5.74, 6) is -3.35. The van der Waals surface area contributed by atoms with Gasteiger partial charge in [-0.2, -0.15) is 13.2 Å². The van der Waals surface area contributed by atoms with Crippen LogP contribution in [0.1, 0.15) is 6.92 Å². The molecule has 0 radical (unpaired) electrons. The molecule has 0 spiro atoms. The van der Waals surface area contributed by atoms with E-state index in [1.54, 1.807) is 0 Å². The number of allylic oxidation sites excluding steroid dienone is 2. The highest BCUT2D eigenvalue weighted by molar-refractivity contribution is 7.92. The number of carboxylic acid groups (broad SMARTS) is 1. The average molecular weight is 314 g/mol. The van der Waals surface area contributed by atoms with Gasteiger partial charge >= 0.3 is 12.1 Å². The first-order chi connectivity index (χ1) is 8.92. The van der Waals surface area contributed by atoms with E-state index in [-0.39, 0.29) is 0 Å². The third kappa shape index (κ3) is 3.04. The quantitative estimate of drug-likeness (QED) is 0.851. The first-order valence-electron chi connectivity index (χ1n) is 5.45. The Morgan fingerprint density at radius 1 is 1.40 bits per heavy atom. The zero-order chi connectivity index (χ0) is 15.8. The van der Waals surface area contributed by atoms with Crippen LogP contribution in [0.15, 0.2) is 24.3 Å². The second kappa shape index (κ2) is 5.21. The largest absolute Gasteiger partial charge is 0.481 e. The van der Waals surface area contributed by atoms with Crippen molar-refractivity contribution in [3.8, 4) is 0 Å². The molecule has 0 aromatic rings. The van der Waals surface area contributed by atoms with Crippen LogP contribution >= 0.6 is 0 Å². The van der Waals surface area contributed by atoms with Crippen LogP contribution in [0.2, 0.25) is 0 Å². The number of rotatable bonds is 4. The van der Waals surface area contributed by atoms with E-state index in [4.69, 9.17) is 5.11 Å². The Balaban J connectivity index is 3.35. The monoisotopic (exact) mass is 314 g/mol. The summed E-state index contributed by atoms with van der Waals surface area (Å²) in [6, 6.07) is 0. The predicted octanol–water partition coefficient (Wildman–Crippen LogP) is 1.52. The minimum absolute atomic E-state index is 0.623. The van der Waals surface area contributed by atoms with E-state index < -0.39 is 38.9 Å². The maximum atomic E-state index is 12.6. The zero-order valence-corrected chi connectivity index (χ0v) is 11.4. The van der Waals surface area contributed by atoms with Crippen LogP contribution in [0.25, 0.3) is 0 Å². The van der Waals surface area contributed by atoms with Crippen molar-refractivity contribution in [2.45, 2.75) is 24.1 Å². The molecule has 0 amide bonds. The maximum absolute atomic E-state index is 12.6. The van der Waals surface area contributed by atoms with Gasteiger partial charge in [-0.05, 0) is 13.0 Å². The number of ether oxygens (including phenoxy) is 1. The number of hydrogen-bond acceptors (Lipinski definition) is 4. The van der Waals surface area contributed by atoms with Gasteiger partial charge < -0.3 is 9.84 Å². The molecular weight excluding hydrogens is 301 g/mol. The fraction of sp³-hybridized carbons (Fsp3) is 0.545. The smallest absolute Gasteiger partial charge is 0.414 e. The van der Waals surface area contributed by atoms with Crippen molar-refractivity contribution in [3.05, 3.63) is 24.3 Å². The van der Waals surface area contributed by atoms with Crippen LogP contribution in [-0.4, -0.2) is 43.0 Å². The Kier molecular flexibility index (Phi) is 4.35. The minimum Gasteiger partial charge on any atom is -0.481 e. The molecule has 5 nitrogen and oxygen atoms in total. The molecule has 0 aromatic heterocycles.